The van der Waals surface area contributed by atoms with E-state index in [2.05, 4.69) is 32.3 Å². The smallest absolute Gasteiger partial charge is 0.229 e. The molecule has 0 amide bonds. The molecule has 138 valence electrons. The number of benzene rings is 2. The van der Waals surface area contributed by atoms with Crippen molar-refractivity contribution in [1.82, 2.24) is 9.97 Å². The normalized spacial score (nSPS) is 12.5. The molecule has 0 bridgehead atoms. The van der Waals surface area contributed by atoms with Gasteiger partial charge in [-0.3, -0.25) is 0 Å². The van der Waals surface area contributed by atoms with Crippen LogP contribution in [0.5, 0.6) is 11.5 Å². The lowest BCUT2D eigenvalue weighted by molar-refractivity contribution is 0.171. The molecule has 0 aliphatic carbocycles. The number of hydrogen-bond acceptors (Lipinski definition) is 6. The topological polar surface area (TPSA) is 59.5 Å². The average Bonchev–Trinajstić information content (AvgIpc) is 2.68. The SMILES string of the molecule is Cc1cc(N(C)Cc2ccccc2)nc(Nc2ccc3c(c2)OCCO3)n1. The molecule has 6 heteroatoms. The van der Waals surface area contributed by atoms with Crippen LogP contribution in [0.2, 0.25) is 0 Å². The molecule has 4 rings (SSSR count). The standard InChI is InChI=1S/C21H22N4O2/c1-15-12-20(25(2)14-16-6-4-3-5-7-16)24-21(22-15)23-17-8-9-18-19(13-17)27-11-10-26-18/h3-9,12-13H,10-11,14H2,1-2H3,(H,22,23,24). The number of rotatable bonds is 5. The van der Waals surface area contributed by atoms with Crippen LogP contribution in [-0.4, -0.2) is 30.2 Å². The van der Waals surface area contributed by atoms with Gasteiger partial charge in [-0.05, 0) is 24.6 Å². The third-order valence-electron chi connectivity index (χ3n) is 4.29. The summed E-state index contributed by atoms with van der Waals surface area (Å²) in [6, 6.07) is 18.1. The summed E-state index contributed by atoms with van der Waals surface area (Å²) in [6.45, 7) is 3.89. The highest BCUT2D eigenvalue weighted by Crippen LogP contribution is 2.33. The number of hydrogen-bond donors (Lipinski definition) is 1. The average molecular weight is 362 g/mol. The summed E-state index contributed by atoms with van der Waals surface area (Å²) in [7, 11) is 2.03. The largest absolute Gasteiger partial charge is 0.486 e. The maximum atomic E-state index is 5.64. The second-order valence-corrected chi connectivity index (χ2v) is 6.52. The zero-order valence-electron chi connectivity index (χ0n) is 15.5. The Hall–Kier alpha value is -3.28. The van der Waals surface area contributed by atoms with Crippen LogP contribution in [0.3, 0.4) is 0 Å². The first-order valence-electron chi connectivity index (χ1n) is 8.95. The number of aromatic nitrogens is 2. The van der Waals surface area contributed by atoms with Gasteiger partial charge in [0.25, 0.3) is 0 Å². The molecule has 0 fully saturated rings. The summed E-state index contributed by atoms with van der Waals surface area (Å²) >= 11 is 0. The molecular weight excluding hydrogens is 340 g/mol. The molecule has 27 heavy (non-hydrogen) atoms. The van der Waals surface area contributed by atoms with Gasteiger partial charge in [0.05, 0.1) is 0 Å². The zero-order valence-corrected chi connectivity index (χ0v) is 15.5. The zero-order chi connectivity index (χ0) is 18.6. The molecule has 1 aromatic heterocycles. The molecule has 0 radical (unpaired) electrons. The quantitative estimate of drug-likeness (QED) is 0.742. The van der Waals surface area contributed by atoms with Gasteiger partial charge in [-0.1, -0.05) is 30.3 Å². The van der Waals surface area contributed by atoms with Crippen LogP contribution in [0.25, 0.3) is 0 Å². The minimum atomic E-state index is 0.557. The van der Waals surface area contributed by atoms with Gasteiger partial charge >= 0.3 is 0 Å². The predicted molar refractivity (Wildman–Crippen MR) is 106 cm³/mol. The molecule has 6 nitrogen and oxygen atoms in total. The van der Waals surface area contributed by atoms with Gasteiger partial charge in [0, 0.05) is 37.1 Å². The van der Waals surface area contributed by atoms with Gasteiger partial charge in [-0.25, -0.2) is 4.98 Å². The van der Waals surface area contributed by atoms with Crippen molar-refractivity contribution in [3.63, 3.8) is 0 Å². The molecule has 1 aliphatic rings. The summed E-state index contributed by atoms with van der Waals surface area (Å²) in [6.07, 6.45) is 0. The minimum Gasteiger partial charge on any atom is -0.486 e. The van der Waals surface area contributed by atoms with Crippen LogP contribution in [-0.2, 0) is 6.54 Å². The highest BCUT2D eigenvalue weighted by atomic mass is 16.6. The maximum Gasteiger partial charge on any atom is 0.229 e. The van der Waals surface area contributed by atoms with Crippen molar-refractivity contribution in [1.29, 1.82) is 0 Å². The Morgan fingerprint density at radius 2 is 1.74 bits per heavy atom. The lowest BCUT2D eigenvalue weighted by atomic mass is 10.2. The van der Waals surface area contributed by atoms with Gasteiger partial charge in [0.1, 0.15) is 19.0 Å². The van der Waals surface area contributed by atoms with Crippen LogP contribution >= 0.6 is 0 Å². The monoisotopic (exact) mass is 362 g/mol. The second-order valence-electron chi connectivity index (χ2n) is 6.52. The van der Waals surface area contributed by atoms with E-state index in [1.54, 1.807) is 0 Å². The first-order valence-corrected chi connectivity index (χ1v) is 8.95. The molecule has 3 aromatic rings. The lowest BCUT2D eigenvalue weighted by Gasteiger charge is -2.20. The summed E-state index contributed by atoms with van der Waals surface area (Å²) in [4.78, 5) is 11.3. The van der Waals surface area contributed by atoms with Crippen molar-refractivity contribution in [2.24, 2.45) is 0 Å². The molecule has 2 heterocycles. The third-order valence-corrected chi connectivity index (χ3v) is 4.29. The van der Waals surface area contributed by atoms with E-state index in [1.807, 2.05) is 56.4 Å². The van der Waals surface area contributed by atoms with Gasteiger partial charge in [-0.15, -0.1) is 0 Å². The van der Waals surface area contributed by atoms with Crippen molar-refractivity contribution in [3.05, 3.63) is 65.9 Å². The molecule has 2 aromatic carbocycles. The highest BCUT2D eigenvalue weighted by Gasteiger charge is 2.13. The Bertz CT molecular complexity index is 931. The van der Waals surface area contributed by atoms with Gasteiger partial charge in [-0.2, -0.15) is 4.98 Å². The van der Waals surface area contributed by atoms with Crippen LogP contribution in [0, 0.1) is 6.92 Å². The van der Waals surface area contributed by atoms with Gasteiger partial charge in [0.15, 0.2) is 11.5 Å². The van der Waals surface area contributed by atoms with E-state index < -0.39 is 0 Å². The third kappa shape index (κ3) is 4.11. The molecule has 0 atom stereocenters. The van der Waals surface area contributed by atoms with Crippen LogP contribution < -0.4 is 19.7 Å². The second kappa shape index (κ2) is 7.53. The number of anilines is 3. The summed E-state index contributed by atoms with van der Waals surface area (Å²) < 4.78 is 11.2. The summed E-state index contributed by atoms with van der Waals surface area (Å²) in [5.74, 6) is 2.92. The maximum absolute atomic E-state index is 5.64. The predicted octanol–water partition coefficient (Wildman–Crippen LogP) is 3.94. The molecule has 1 N–H and O–H groups in total. The Balaban J connectivity index is 1.53. The molecule has 1 aliphatic heterocycles. The first-order chi connectivity index (χ1) is 13.2. The fourth-order valence-electron chi connectivity index (χ4n) is 2.99. The number of nitrogens with zero attached hydrogens (tertiary/aromatic N) is 3. The van der Waals surface area contributed by atoms with E-state index >= 15 is 0 Å². The highest BCUT2D eigenvalue weighted by molar-refractivity contribution is 5.61. The van der Waals surface area contributed by atoms with E-state index in [0.29, 0.717) is 19.2 Å². The van der Waals surface area contributed by atoms with Crippen LogP contribution in [0.15, 0.2) is 54.6 Å². The van der Waals surface area contributed by atoms with Gasteiger partial charge < -0.3 is 19.7 Å². The minimum absolute atomic E-state index is 0.557. The van der Waals surface area contributed by atoms with E-state index in [-0.39, 0.29) is 0 Å². The van der Waals surface area contributed by atoms with Crippen molar-refractivity contribution in [3.8, 4) is 11.5 Å². The fraction of sp³-hybridized carbons (Fsp3) is 0.238. The molecule has 0 spiro atoms. The van der Waals surface area contributed by atoms with Crippen molar-refractivity contribution in [2.45, 2.75) is 13.5 Å². The number of nitrogens with one attached hydrogen (secondary N) is 1. The number of ether oxygens (including phenoxy) is 2. The van der Waals surface area contributed by atoms with Crippen molar-refractivity contribution >= 4 is 17.5 Å². The molecule has 0 saturated heterocycles. The van der Waals surface area contributed by atoms with E-state index in [0.717, 1.165) is 35.2 Å². The molecule has 0 unspecified atom stereocenters. The van der Waals surface area contributed by atoms with E-state index in [1.165, 1.54) is 5.56 Å². The summed E-state index contributed by atoms with van der Waals surface area (Å²) in [5, 5.41) is 3.27. The lowest BCUT2D eigenvalue weighted by Crippen LogP contribution is -2.18. The molecule has 0 saturated carbocycles. The van der Waals surface area contributed by atoms with E-state index in [4.69, 9.17) is 9.47 Å². The molecular formula is C21H22N4O2. The number of fused-ring (bicyclic) bond motifs is 1. The van der Waals surface area contributed by atoms with Crippen molar-refractivity contribution < 1.29 is 9.47 Å². The van der Waals surface area contributed by atoms with E-state index in [9.17, 15) is 0 Å². The Morgan fingerprint density at radius 3 is 2.56 bits per heavy atom. The first kappa shape index (κ1) is 17.1. The Morgan fingerprint density at radius 1 is 0.963 bits per heavy atom. The Labute approximate surface area is 158 Å². The van der Waals surface area contributed by atoms with Crippen molar-refractivity contribution in [2.75, 3.05) is 30.5 Å². The number of aryl methyl sites for hydroxylation is 1. The van der Waals surface area contributed by atoms with Crippen LogP contribution in [0.1, 0.15) is 11.3 Å². The van der Waals surface area contributed by atoms with Gasteiger partial charge in [0.2, 0.25) is 5.95 Å². The summed E-state index contributed by atoms with van der Waals surface area (Å²) in [5.41, 5.74) is 3.00. The van der Waals surface area contributed by atoms with Crippen LogP contribution in [0.4, 0.5) is 17.5 Å². The fourth-order valence-corrected chi connectivity index (χ4v) is 2.99. The Kier molecular flexibility index (Phi) is 4.78.